The summed E-state index contributed by atoms with van der Waals surface area (Å²) in [5, 5.41) is 0. The minimum absolute atomic E-state index is 0.0551. The van der Waals surface area contributed by atoms with Crippen LogP contribution in [0.3, 0.4) is 0 Å². The van der Waals surface area contributed by atoms with Gasteiger partial charge in [-0.05, 0) is 43.0 Å². The molecule has 2 N–H and O–H groups in total. The summed E-state index contributed by atoms with van der Waals surface area (Å²) < 4.78 is 23.6. The van der Waals surface area contributed by atoms with Gasteiger partial charge in [-0.1, -0.05) is 13.8 Å². The Kier molecular flexibility index (Phi) is 5.24. The molecule has 1 aromatic carbocycles. The van der Waals surface area contributed by atoms with Gasteiger partial charge < -0.3 is 10.6 Å². The van der Waals surface area contributed by atoms with Crippen molar-refractivity contribution in [2.24, 2.45) is 11.7 Å². The maximum Gasteiger partial charge on any atom is 0.254 e. The average Bonchev–Trinajstić information content (AvgIpc) is 2.54. The summed E-state index contributed by atoms with van der Waals surface area (Å²) in [4.78, 5) is 14.7. The largest absolute Gasteiger partial charge is 0.334 e. The van der Waals surface area contributed by atoms with Crippen LogP contribution in [0.1, 0.15) is 37.0 Å². The van der Waals surface area contributed by atoms with Crippen molar-refractivity contribution < 1.29 is 13.2 Å². The first-order chi connectivity index (χ1) is 10.4. The van der Waals surface area contributed by atoms with Crippen LogP contribution in [0.25, 0.3) is 0 Å². The van der Waals surface area contributed by atoms with Crippen LogP contribution in [-0.2, 0) is 9.84 Å². The highest BCUT2D eigenvalue weighted by Gasteiger charge is 2.29. The van der Waals surface area contributed by atoms with Crippen molar-refractivity contribution in [2.75, 3.05) is 18.8 Å². The van der Waals surface area contributed by atoms with Crippen molar-refractivity contribution in [1.82, 2.24) is 4.90 Å². The fourth-order valence-corrected chi connectivity index (χ4v) is 3.76. The molecule has 6 heteroatoms. The fraction of sp³-hybridized carbons (Fsp3) is 0.562. The van der Waals surface area contributed by atoms with Crippen molar-refractivity contribution >= 4 is 15.7 Å². The number of carbonyl (C=O) groups is 1. The first kappa shape index (κ1) is 17.0. The molecule has 0 aromatic heterocycles. The summed E-state index contributed by atoms with van der Waals surface area (Å²) in [7, 11) is -3.23. The molecule has 5 nitrogen and oxygen atoms in total. The number of amides is 1. The third-order valence-electron chi connectivity index (χ3n) is 4.35. The summed E-state index contributed by atoms with van der Waals surface area (Å²) in [5.74, 6) is 0.567. The van der Waals surface area contributed by atoms with E-state index >= 15 is 0 Å². The number of sulfone groups is 1. The van der Waals surface area contributed by atoms with Gasteiger partial charge in [0.15, 0.2) is 9.84 Å². The topological polar surface area (TPSA) is 80.5 Å². The van der Waals surface area contributed by atoms with E-state index in [1.165, 1.54) is 12.1 Å². The molecule has 2 rings (SSSR count). The summed E-state index contributed by atoms with van der Waals surface area (Å²) in [6.07, 6.45) is 1.90. The summed E-state index contributed by atoms with van der Waals surface area (Å²) in [5.41, 5.74) is 6.31. The number of nitrogens with zero attached hydrogens (tertiary/aromatic N) is 1. The van der Waals surface area contributed by atoms with Crippen molar-refractivity contribution in [1.29, 1.82) is 0 Å². The second-order valence-electron chi connectivity index (χ2n) is 5.95. The number of hydrogen-bond donors (Lipinski definition) is 1. The van der Waals surface area contributed by atoms with Crippen LogP contribution < -0.4 is 5.73 Å². The highest BCUT2D eigenvalue weighted by molar-refractivity contribution is 7.91. The zero-order valence-electron chi connectivity index (χ0n) is 13.2. The first-order valence-electron chi connectivity index (χ1n) is 7.73. The molecule has 1 aliphatic heterocycles. The van der Waals surface area contributed by atoms with Gasteiger partial charge in [0.25, 0.3) is 5.91 Å². The molecular formula is C16H24N2O3S. The lowest BCUT2D eigenvalue weighted by Crippen LogP contribution is -2.49. The van der Waals surface area contributed by atoms with Gasteiger partial charge in [-0.25, -0.2) is 8.42 Å². The highest BCUT2D eigenvalue weighted by atomic mass is 32.2. The predicted octanol–water partition coefficient (Wildman–Crippen LogP) is 1.68. The maximum atomic E-state index is 12.6. The monoisotopic (exact) mass is 324 g/mol. The Balaban J connectivity index is 2.19. The maximum absolute atomic E-state index is 12.6. The molecule has 0 aliphatic carbocycles. The van der Waals surface area contributed by atoms with Crippen LogP contribution in [0.5, 0.6) is 0 Å². The number of piperidine rings is 1. The molecule has 122 valence electrons. The molecule has 0 spiro atoms. The number of nitrogens with two attached hydrogens (primary N) is 1. The normalized spacial score (nSPS) is 22.6. The van der Waals surface area contributed by atoms with Crippen molar-refractivity contribution in [2.45, 2.75) is 37.6 Å². The molecule has 1 heterocycles. The summed E-state index contributed by atoms with van der Waals surface area (Å²) >= 11 is 0. The van der Waals surface area contributed by atoms with E-state index in [0.29, 0.717) is 24.6 Å². The van der Waals surface area contributed by atoms with Gasteiger partial charge >= 0.3 is 0 Å². The van der Waals surface area contributed by atoms with Gasteiger partial charge in [-0.2, -0.15) is 0 Å². The average molecular weight is 324 g/mol. The SMILES string of the molecule is CCS(=O)(=O)c1ccc(C(=O)N2CCC(C)CC2CN)cc1. The second kappa shape index (κ2) is 6.79. The first-order valence-corrected chi connectivity index (χ1v) is 9.38. The summed E-state index contributed by atoms with van der Waals surface area (Å²) in [6.45, 7) is 4.94. The van der Waals surface area contributed by atoms with Crippen LogP contribution in [0.15, 0.2) is 29.2 Å². The van der Waals surface area contributed by atoms with Gasteiger partial charge in [-0.15, -0.1) is 0 Å². The third-order valence-corrected chi connectivity index (χ3v) is 6.10. The van der Waals surface area contributed by atoms with Crippen molar-refractivity contribution in [3.05, 3.63) is 29.8 Å². The number of benzene rings is 1. The van der Waals surface area contributed by atoms with Gasteiger partial charge in [0.1, 0.15) is 0 Å². The molecule has 22 heavy (non-hydrogen) atoms. The number of rotatable bonds is 4. The Labute approximate surface area is 132 Å². The Hall–Kier alpha value is -1.40. The van der Waals surface area contributed by atoms with Gasteiger partial charge in [-0.3, -0.25) is 4.79 Å². The zero-order chi connectivity index (χ0) is 16.3. The lowest BCUT2D eigenvalue weighted by atomic mass is 9.92. The van der Waals surface area contributed by atoms with E-state index in [9.17, 15) is 13.2 Å². The Morgan fingerprint density at radius 3 is 2.50 bits per heavy atom. The Morgan fingerprint density at radius 1 is 1.32 bits per heavy atom. The lowest BCUT2D eigenvalue weighted by Gasteiger charge is -2.38. The van der Waals surface area contributed by atoms with E-state index in [-0.39, 0.29) is 22.6 Å². The molecule has 2 unspecified atom stereocenters. The van der Waals surface area contributed by atoms with Crippen LogP contribution in [0.2, 0.25) is 0 Å². The third kappa shape index (κ3) is 3.50. The fourth-order valence-electron chi connectivity index (χ4n) is 2.88. The molecule has 1 aliphatic rings. The second-order valence-corrected chi connectivity index (χ2v) is 8.22. The van der Waals surface area contributed by atoms with Gasteiger partial charge in [0.05, 0.1) is 10.6 Å². The van der Waals surface area contributed by atoms with Crippen molar-refractivity contribution in [3.8, 4) is 0 Å². The van der Waals surface area contributed by atoms with E-state index in [2.05, 4.69) is 6.92 Å². The van der Waals surface area contributed by atoms with Crippen LogP contribution in [-0.4, -0.2) is 44.1 Å². The molecule has 1 saturated heterocycles. The van der Waals surface area contributed by atoms with E-state index in [1.54, 1.807) is 19.1 Å². The quantitative estimate of drug-likeness (QED) is 0.914. The molecule has 1 aromatic rings. The van der Waals surface area contributed by atoms with Gasteiger partial charge in [0, 0.05) is 24.7 Å². The molecule has 1 amide bonds. The minimum atomic E-state index is -3.23. The lowest BCUT2D eigenvalue weighted by molar-refractivity contribution is 0.0573. The smallest absolute Gasteiger partial charge is 0.254 e. The zero-order valence-corrected chi connectivity index (χ0v) is 14.0. The van der Waals surface area contributed by atoms with E-state index in [1.807, 2.05) is 4.90 Å². The van der Waals surface area contributed by atoms with E-state index < -0.39 is 9.84 Å². The molecule has 0 saturated carbocycles. The number of carbonyl (C=O) groups excluding carboxylic acids is 1. The van der Waals surface area contributed by atoms with Crippen LogP contribution in [0.4, 0.5) is 0 Å². The highest BCUT2D eigenvalue weighted by Crippen LogP contribution is 2.24. The Bertz CT molecular complexity index is 625. The van der Waals surface area contributed by atoms with Crippen LogP contribution in [0, 0.1) is 5.92 Å². The Morgan fingerprint density at radius 2 is 1.95 bits per heavy atom. The molecule has 0 radical (unpaired) electrons. The summed E-state index contributed by atoms with van der Waals surface area (Å²) in [6, 6.07) is 6.27. The molecule has 2 atom stereocenters. The minimum Gasteiger partial charge on any atom is -0.334 e. The predicted molar refractivity (Wildman–Crippen MR) is 86.4 cm³/mol. The standard InChI is InChI=1S/C16H24N2O3S/c1-3-22(20,21)15-6-4-13(5-7-15)16(19)18-9-8-12(2)10-14(18)11-17/h4-7,12,14H,3,8-11,17H2,1-2H3. The molecule has 0 bridgehead atoms. The van der Waals surface area contributed by atoms with Crippen LogP contribution >= 0.6 is 0 Å². The van der Waals surface area contributed by atoms with E-state index in [4.69, 9.17) is 5.73 Å². The molecular weight excluding hydrogens is 300 g/mol. The van der Waals surface area contributed by atoms with Crippen molar-refractivity contribution in [3.63, 3.8) is 0 Å². The number of hydrogen-bond acceptors (Lipinski definition) is 4. The number of likely N-dealkylation sites (tertiary alicyclic amines) is 1. The van der Waals surface area contributed by atoms with Gasteiger partial charge in [0.2, 0.25) is 0 Å². The molecule has 1 fully saturated rings. The van der Waals surface area contributed by atoms with E-state index in [0.717, 1.165) is 12.8 Å².